The molecule has 0 spiro atoms. The van der Waals surface area contributed by atoms with E-state index in [9.17, 15) is 4.79 Å². The molecule has 4 nitrogen and oxygen atoms in total. The number of rotatable bonds is 5. The second kappa shape index (κ2) is 6.84. The van der Waals surface area contributed by atoms with Crippen LogP contribution in [0.1, 0.15) is 23.0 Å². The lowest BCUT2D eigenvalue weighted by Gasteiger charge is -2.17. The Bertz CT molecular complexity index is 895. The van der Waals surface area contributed by atoms with Crippen molar-refractivity contribution in [1.82, 2.24) is 9.55 Å². The number of nitrogens with zero attached hydrogens (tertiary/aromatic N) is 2. The molecule has 0 N–H and O–H groups in total. The maximum atomic E-state index is 12.5. The molecule has 1 aromatic carbocycles. The third-order valence-electron chi connectivity index (χ3n) is 4.34. The molecule has 3 aromatic rings. The van der Waals surface area contributed by atoms with Gasteiger partial charge >= 0.3 is 5.97 Å². The molecule has 0 radical (unpaired) electrons. The Hall–Kier alpha value is -2.40. The van der Waals surface area contributed by atoms with Crippen LogP contribution in [0.4, 0.5) is 0 Å². The molecule has 0 saturated carbocycles. The van der Waals surface area contributed by atoms with E-state index >= 15 is 0 Å². The second-order valence-corrected chi connectivity index (χ2v) is 12.3. The molecule has 0 atom stereocenters. The number of ether oxygens (including phenoxy) is 1. The Morgan fingerprint density at radius 2 is 1.84 bits per heavy atom. The molecule has 0 unspecified atom stereocenters. The SMILES string of the molecule is CCOC(=O)c1cc2cc([Si](C)(C)C)ccc2n1Cc1ccncc1. The zero-order valence-corrected chi connectivity index (χ0v) is 16.2. The Labute approximate surface area is 149 Å². The van der Waals surface area contributed by atoms with Gasteiger partial charge in [0.25, 0.3) is 0 Å². The molecule has 0 fully saturated rings. The van der Waals surface area contributed by atoms with Gasteiger partial charge in [-0.3, -0.25) is 4.98 Å². The number of esters is 1. The number of benzene rings is 1. The van der Waals surface area contributed by atoms with Gasteiger partial charge in [-0.15, -0.1) is 0 Å². The van der Waals surface area contributed by atoms with Crippen molar-refractivity contribution < 1.29 is 9.53 Å². The summed E-state index contributed by atoms with van der Waals surface area (Å²) in [6.45, 7) is 9.80. The maximum absolute atomic E-state index is 12.5. The average Bonchev–Trinajstić information content (AvgIpc) is 2.93. The van der Waals surface area contributed by atoms with Gasteiger partial charge in [-0.1, -0.05) is 37.0 Å². The second-order valence-electron chi connectivity index (χ2n) is 7.22. The predicted octanol–water partition coefficient (Wildman–Crippen LogP) is 3.81. The highest BCUT2D eigenvalue weighted by molar-refractivity contribution is 6.88. The number of fused-ring (bicyclic) bond motifs is 1. The maximum Gasteiger partial charge on any atom is 0.354 e. The van der Waals surface area contributed by atoms with Crippen LogP contribution in [0.5, 0.6) is 0 Å². The van der Waals surface area contributed by atoms with Crippen LogP contribution in [-0.4, -0.2) is 30.2 Å². The first-order chi connectivity index (χ1) is 11.9. The van der Waals surface area contributed by atoms with Gasteiger partial charge < -0.3 is 9.30 Å². The molecular weight excluding hydrogens is 328 g/mol. The normalized spacial score (nSPS) is 11.7. The quantitative estimate of drug-likeness (QED) is 0.518. The fraction of sp³-hybridized carbons (Fsp3) is 0.300. The van der Waals surface area contributed by atoms with Gasteiger partial charge in [0.2, 0.25) is 0 Å². The van der Waals surface area contributed by atoms with E-state index in [0.29, 0.717) is 18.8 Å². The molecule has 5 heteroatoms. The molecular formula is C20H24N2O2Si. The Morgan fingerprint density at radius 3 is 2.48 bits per heavy atom. The summed E-state index contributed by atoms with van der Waals surface area (Å²) in [6.07, 6.45) is 3.54. The predicted molar refractivity (Wildman–Crippen MR) is 104 cm³/mol. The fourth-order valence-corrected chi connectivity index (χ4v) is 4.12. The summed E-state index contributed by atoms with van der Waals surface area (Å²) in [5.41, 5.74) is 2.76. The zero-order chi connectivity index (χ0) is 18.0. The molecule has 0 bridgehead atoms. The standard InChI is InChI=1S/C20H24N2O2Si/c1-5-24-20(23)19-13-16-12-17(25(2,3)4)6-7-18(16)22(19)14-15-8-10-21-11-9-15/h6-13H,5,14H2,1-4H3. The molecule has 0 aliphatic rings. The first-order valence-corrected chi connectivity index (χ1v) is 12.1. The average molecular weight is 353 g/mol. The van der Waals surface area contributed by atoms with E-state index in [2.05, 4.69) is 42.8 Å². The molecule has 3 rings (SSSR count). The summed E-state index contributed by atoms with van der Waals surface area (Å²) < 4.78 is 7.31. The smallest absolute Gasteiger partial charge is 0.354 e. The van der Waals surface area contributed by atoms with Gasteiger partial charge in [0.1, 0.15) is 5.69 Å². The van der Waals surface area contributed by atoms with E-state index in [4.69, 9.17) is 4.74 Å². The van der Waals surface area contributed by atoms with Crippen molar-refractivity contribution in [3.05, 3.63) is 60.0 Å². The Kier molecular flexibility index (Phi) is 4.77. The minimum absolute atomic E-state index is 0.276. The zero-order valence-electron chi connectivity index (χ0n) is 15.2. The minimum Gasteiger partial charge on any atom is -0.461 e. The molecule has 130 valence electrons. The number of aromatic nitrogens is 2. The lowest BCUT2D eigenvalue weighted by molar-refractivity contribution is 0.0515. The van der Waals surface area contributed by atoms with Crippen molar-refractivity contribution in [1.29, 1.82) is 0 Å². The molecule has 2 aromatic heterocycles. The van der Waals surface area contributed by atoms with E-state index in [1.165, 1.54) is 5.19 Å². The molecule has 0 saturated heterocycles. The Morgan fingerprint density at radius 1 is 1.12 bits per heavy atom. The van der Waals surface area contributed by atoms with Gasteiger partial charge in [0, 0.05) is 29.8 Å². The van der Waals surface area contributed by atoms with Crippen LogP contribution in [-0.2, 0) is 11.3 Å². The van der Waals surface area contributed by atoms with Crippen molar-refractivity contribution in [2.75, 3.05) is 6.61 Å². The van der Waals surface area contributed by atoms with E-state index in [-0.39, 0.29) is 5.97 Å². The summed E-state index contributed by atoms with van der Waals surface area (Å²) in [5, 5.41) is 2.48. The van der Waals surface area contributed by atoms with Crippen LogP contribution in [0.2, 0.25) is 19.6 Å². The molecule has 0 amide bonds. The van der Waals surface area contributed by atoms with Crippen molar-refractivity contribution in [2.24, 2.45) is 0 Å². The number of pyridine rings is 1. The molecule has 0 aliphatic heterocycles. The summed E-state index contributed by atoms with van der Waals surface area (Å²) >= 11 is 0. The van der Waals surface area contributed by atoms with Crippen LogP contribution in [0, 0.1) is 0 Å². The molecule has 2 heterocycles. The van der Waals surface area contributed by atoms with Gasteiger partial charge in [-0.25, -0.2) is 4.79 Å². The third-order valence-corrected chi connectivity index (χ3v) is 6.39. The lowest BCUT2D eigenvalue weighted by atomic mass is 10.2. The van der Waals surface area contributed by atoms with Crippen molar-refractivity contribution in [3.8, 4) is 0 Å². The summed E-state index contributed by atoms with van der Waals surface area (Å²) in [6, 6.07) is 12.5. The number of hydrogen-bond donors (Lipinski definition) is 0. The number of carbonyl (C=O) groups excluding carboxylic acids is 1. The van der Waals surface area contributed by atoms with Crippen LogP contribution in [0.25, 0.3) is 10.9 Å². The van der Waals surface area contributed by atoms with Crippen molar-refractivity contribution >= 4 is 30.1 Å². The number of hydrogen-bond acceptors (Lipinski definition) is 3. The third kappa shape index (κ3) is 3.66. The van der Waals surface area contributed by atoms with Crippen molar-refractivity contribution in [2.45, 2.75) is 33.1 Å². The first-order valence-electron chi connectivity index (χ1n) is 8.60. The monoisotopic (exact) mass is 352 g/mol. The Balaban J connectivity index is 2.13. The van der Waals surface area contributed by atoms with E-state index in [0.717, 1.165) is 16.5 Å². The van der Waals surface area contributed by atoms with Gasteiger partial charge in [-0.05, 0) is 36.8 Å². The highest BCUT2D eigenvalue weighted by Gasteiger charge is 2.20. The van der Waals surface area contributed by atoms with E-state index in [1.54, 1.807) is 12.4 Å². The van der Waals surface area contributed by atoms with E-state index in [1.807, 2.05) is 29.7 Å². The highest BCUT2D eigenvalue weighted by atomic mass is 28.3. The minimum atomic E-state index is -1.41. The van der Waals surface area contributed by atoms with Gasteiger partial charge in [0.15, 0.2) is 0 Å². The van der Waals surface area contributed by atoms with Crippen LogP contribution < -0.4 is 5.19 Å². The highest BCUT2D eigenvalue weighted by Crippen LogP contribution is 2.22. The molecule has 25 heavy (non-hydrogen) atoms. The summed E-state index contributed by atoms with van der Waals surface area (Å²) in [4.78, 5) is 16.5. The fourth-order valence-electron chi connectivity index (χ4n) is 2.95. The van der Waals surface area contributed by atoms with E-state index < -0.39 is 8.07 Å². The van der Waals surface area contributed by atoms with Gasteiger partial charge in [-0.2, -0.15) is 0 Å². The lowest BCUT2D eigenvalue weighted by Crippen LogP contribution is -2.37. The van der Waals surface area contributed by atoms with Crippen LogP contribution in [0.3, 0.4) is 0 Å². The number of carbonyl (C=O) groups is 1. The molecule has 0 aliphatic carbocycles. The largest absolute Gasteiger partial charge is 0.461 e. The van der Waals surface area contributed by atoms with Crippen molar-refractivity contribution in [3.63, 3.8) is 0 Å². The topological polar surface area (TPSA) is 44.1 Å². The summed E-state index contributed by atoms with van der Waals surface area (Å²) in [7, 11) is -1.41. The van der Waals surface area contributed by atoms with Gasteiger partial charge in [0.05, 0.1) is 14.7 Å². The van der Waals surface area contributed by atoms with Crippen LogP contribution in [0.15, 0.2) is 48.8 Å². The first kappa shape index (κ1) is 17.4. The van der Waals surface area contributed by atoms with Crippen LogP contribution >= 0.6 is 0 Å². The summed E-state index contributed by atoms with van der Waals surface area (Å²) in [5.74, 6) is -0.276.